The lowest BCUT2D eigenvalue weighted by Crippen LogP contribution is -2.32. The van der Waals surface area contributed by atoms with E-state index in [0.717, 1.165) is 49.6 Å². The normalized spacial score (nSPS) is 16.2. The van der Waals surface area contributed by atoms with Gasteiger partial charge in [0.2, 0.25) is 0 Å². The summed E-state index contributed by atoms with van der Waals surface area (Å²) in [7, 11) is -3.01. The third-order valence-corrected chi connectivity index (χ3v) is 6.22. The summed E-state index contributed by atoms with van der Waals surface area (Å²) in [5.74, 6) is 1.41. The van der Waals surface area contributed by atoms with Gasteiger partial charge in [0.15, 0.2) is 15.7 Å². The summed E-state index contributed by atoms with van der Waals surface area (Å²) in [4.78, 5) is 6.85. The topological polar surface area (TPSA) is 68.1 Å². The maximum absolute atomic E-state index is 11.6. The highest BCUT2D eigenvalue weighted by molar-refractivity contribution is 7.89. The van der Waals surface area contributed by atoms with Gasteiger partial charge in [0.05, 0.1) is 18.0 Å². The van der Waals surface area contributed by atoms with Gasteiger partial charge in [-0.25, -0.2) is 18.1 Å². The van der Waals surface area contributed by atoms with Crippen molar-refractivity contribution in [3.63, 3.8) is 0 Å². The number of sulfone groups is 1. The minimum absolute atomic E-state index is 0.107. The smallest absolute Gasteiger partial charge is 0.164 e. The second-order valence-electron chi connectivity index (χ2n) is 7.81. The molecule has 1 aliphatic heterocycles. The summed E-state index contributed by atoms with van der Waals surface area (Å²) < 4.78 is 25.0. The lowest BCUT2D eigenvalue weighted by atomic mass is 9.89. The van der Waals surface area contributed by atoms with E-state index in [1.165, 1.54) is 11.8 Å². The van der Waals surface area contributed by atoms with Crippen molar-refractivity contribution in [3.05, 3.63) is 77.9 Å². The molecule has 2 aromatic carbocycles. The summed E-state index contributed by atoms with van der Waals surface area (Å²) in [6, 6.07) is 18.1. The van der Waals surface area contributed by atoms with Crippen molar-refractivity contribution in [3.8, 4) is 5.69 Å². The van der Waals surface area contributed by atoms with E-state index in [1.807, 2.05) is 47.1 Å². The van der Waals surface area contributed by atoms with Gasteiger partial charge in [-0.15, -0.1) is 5.10 Å². The SMILES string of the molecule is CS(=O)(=O)Cc1cccc(C2CCN(Cc3ncn(-c4ccccc4)n3)CC2)c1. The molecule has 3 aromatic rings. The first-order chi connectivity index (χ1) is 14.0. The highest BCUT2D eigenvalue weighted by Gasteiger charge is 2.22. The van der Waals surface area contributed by atoms with Gasteiger partial charge in [0.25, 0.3) is 0 Å². The number of aromatic nitrogens is 3. The predicted octanol–water partition coefficient (Wildman–Crippen LogP) is 3.19. The van der Waals surface area contributed by atoms with Crippen LogP contribution in [0.4, 0.5) is 0 Å². The largest absolute Gasteiger partial charge is 0.296 e. The summed E-state index contributed by atoms with van der Waals surface area (Å²) in [5.41, 5.74) is 3.14. The number of piperidine rings is 1. The molecular weight excluding hydrogens is 384 g/mol. The molecule has 0 unspecified atom stereocenters. The van der Waals surface area contributed by atoms with Crippen LogP contribution in [0.1, 0.15) is 35.7 Å². The maximum atomic E-state index is 11.6. The van der Waals surface area contributed by atoms with Crippen molar-refractivity contribution in [2.45, 2.75) is 31.1 Å². The predicted molar refractivity (Wildman–Crippen MR) is 114 cm³/mol. The third kappa shape index (κ3) is 5.31. The van der Waals surface area contributed by atoms with E-state index in [-0.39, 0.29) is 5.75 Å². The zero-order chi connectivity index (χ0) is 20.3. The molecule has 2 heterocycles. The highest BCUT2D eigenvalue weighted by Crippen LogP contribution is 2.29. The Labute approximate surface area is 172 Å². The van der Waals surface area contributed by atoms with Crippen LogP contribution in [0.2, 0.25) is 0 Å². The average Bonchev–Trinajstić information content (AvgIpc) is 3.17. The summed E-state index contributed by atoms with van der Waals surface area (Å²) in [6.07, 6.45) is 5.17. The molecule has 0 bridgehead atoms. The number of hydrogen-bond acceptors (Lipinski definition) is 5. The van der Waals surface area contributed by atoms with Crippen LogP contribution in [-0.2, 0) is 22.1 Å². The molecule has 29 heavy (non-hydrogen) atoms. The van der Waals surface area contributed by atoms with E-state index in [4.69, 9.17) is 0 Å². The van der Waals surface area contributed by atoms with Crippen molar-refractivity contribution < 1.29 is 8.42 Å². The Balaban J connectivity index is 1.34. The molecule has 1 fully saturated rings. The molecule has 0 spiro atoms. The highest BCUT2D eigenvalue weighted by atomic mass is 32.2. The van der Waals surface area contributed by atoms with E-state index >= 15 is 0 Å². The second-order valence-corrected chi connectivity index (χ2v) is 9.95. The quantitative estimate of drug-likeness (QED) is 0.624. The van der Waals surface area contributed by atoms with Crippen molar-refractivity contribution >= 4 is 9.84 Å². The number of likely N-dealkylation sites (tertiary alicyclic amines) is 1. The van der Waals surface area contributed by atoms with Gasteiger partial charge in [-0.1, -0.05) is 42.5 Å². The number of benzene rings is 2. The van der Waals surface area contributed by atoms with Gasteiger partial charge in [-0.3, -0.25) is 4.90 Å². The first-order valence-corrected chi connectivity index (χ1v) is 12.0. The van der Waals surface area contributed by atoms with Crippen molar-refractivity contribution in [2.24, 2.45) is 0 Å². The lowest BCUT2D eigenvalue weighted by Gasteiger charge is -2.31. The van der Waals surface area contributed by atoms with Crippen LogP contribution in [-0.4, -0.2) is 47.4 Å². The zero-order valence-corrected chi connectivity index (χ0v) is 17.4. The molecule has 0 N–H and O–H groups in total. The van der Waals surface area contributed by atoms with Gasteiger partial charge in [0, 0.05) is 6.26 Å². The summed E-state index contributed by atoms with van der Waals surface area (Å²) >= 11 is 0. The van der Waals surface area contributed by atoms with Crippen LogP contribution in [0.15, 0.2) is 60.9 Å². The summed E-state index contributed by atoms with van der Waals surface area (Å²) in [6.45, 7) is 2.72. The molecule has 6 nitrogen and oxygen atoms in total. The molecule has 0 aliphatic carbocycles. The van der Waals surface area contributed by atoms with E-state index in [2.05, 4.69) is 27.1 Å². The first kappa shape index (κ1) is 19.8. The van der Waals surface area contributed by atoms with E-state index in [9.17, 15) is 8.42 Å². The standard InChI is InChI=1S/C22H26N4O2S/c1-29(27,28)16-18-6-5-7-20(14-18)19-10-12-25(13-11-19)15-22-23-17-26(24-22)21-8-3-2-4-9-21/h2-9,14,17,19H,10-13,15-16H2,1H3. The van der Waals surface area contributed by atoms with Crippen LogP contribution in [0.3, 0.4) is 0 Å². The molecule has 0 atom stereocenters. The second kappa shape index (κ2) is 8.47. The van der Waals surface area contributed by atoms with Crippen LogP contribution in [0.25, 0.3) is 5.69 Å². The van der Waals surface area contributed by atoms with Gasteiger partial charge >= 0.3 is 0 Å². The molecule has 1 saturated heterocycles. The Kier molecular flexibility index (Phi) is 5.78. The van der Waals surface area contributed by atoms with Gasteiger partial charge in [-0.05, 0) is 55.1 Å². The van der Waals surface area contributed by atoms with Gasteiger partial charge in [0.1, 0.15) is 6.33 Å². The number of para-hydroxylation sites is 1. The van der Waals surface area contributed by atoms with E-state index in [1.54, 1.807) is 6.33 Å². The molecule has 1 aliphatic rings. The van der Waals surface area contributed by atoms with Crippen LogP contribution in [0, 0.1) is 0 Å². The maximum Gasteiger partial charge on any atom is 0.164 e. The fourth-order valence-corrected chi connectivity index (χ4v) is 4.72. The molecule has 0 radical (unpaired) electrons. The minimum atomic E-state index is -3.01. The third-order valence-electron chi connectivity index (χ3n) is 5.36. The molecule has 1 aromatic heterocycles. The minimum Gasteiger partial charge on any atom is -0.296 e. The fraction of sp³-hybridized carbons (Fsp3) is 0.364. The fourth-order valence-electron chi connectivity index (χ4n) is 3.94. The van der Waals surface area contributed by atoms with Crippen LogP contribution < -0.4 is 0 Å². The Morgan fingerprint density at radius 3 is 2.52 bits per heavy atom. The van der Waals surface area contributed by atoms with E-state index < -0.39 is 9.84 Å². The first-order valence-electron chi connectivity index (χ1n) is 9.91. The number of rotatable bonds is 6. The molecular formula is C22H26N4O2S. The Hall–Kier alpha value is -2.51. The van der Waals surface area contributed by atoms with Crippen LogP contribution in [0.5, 0.6) is 0 Å². The Bertz CT molecular complexity index is 1060. The zero-order valence-electron chi connectivity index (χ0n) is 16.6. The van der Waals surface area contributed by atoms with Crippen molar-refractivity contribution in [1.82, 2.24) is 19.7 Å². The average molecular weight is 411 g/mol. The van der Waals surface area contributed by atoms with Gasteiger partial charge < -0.3 is 0 Å². The van der Waals surface area contributed by atoms with Crippen LogP contribution >= 0.6 is 0 Å². The van der Waals surface area contributed by atoms with Crippen molar-refractivity contribution in [2.75, 3.05) is 19.3 Å². The molecule has 152 valence electrons. The molecule has 4 rings (SSSR count). The molecule has 0 amide bonds. The Morgan fingerprint density at radius 1 is 1.03 bits per heavy atom. The molecule has 0 saturated carbocycles. The number of hydrogen-bond donors (Lipinski definition) is 0. The Morgan fingerprint density at radius 2 is 1.79 bits per heavy atom. The summed E-state index contributed by atoms with van der Waals surface area (Å²) in [5, 5.41) is 4.60. The lowest BCUT2D eigenvalue weighted by molar-refractivity contribution is 0.200. The van der Waals surface area contributed by atoms with E-state index in [0.29, 0.717) is 5.92 Å². The van der Waals surface area contributed by atoms with Gasteiger partial charge in [-0.2, -0.15) is 0 Å². The van der Waals surface area contributed by atoms with Crippen molar-refractivity contribution in [1.29, 1.82) is 0 Å². The molecule has 7 heteroatoms. The number of nitrogens with zero attached hydrogens (tertiary/aromatic N) is 4. The monoisotopic (exact) mass is 410 g/mol.